The fraction of sp³-hybridized carbons (Fsp3) is 0.476. The Labute approximate surface area is 168 Å². The van der Waals surface area contributed by atoms with E-state index in [-0.39, 0.29) is 11.9 Å². The van der Waals surface area contributed by atoms with E-state index in [0.717, 1.165) is 49.9 Å². The van der Waals surface area contributed by atoms with Crippen molar-refractivity contribution in [3.63, 3.8) is 0 Å². The van der Waals surface area contributed by atoms with Gasteiger partial charge in [-0.2, -0.15) is 5.26 Å². The Morgan fingerprint density at radius 3 is 2.86 bits per heavy atom. The summed E-state index contributed by atoms with van der Waals surface area (Å²) in [5.41, 5.74) is 1.43. The maximum absolute atomic E-state index is 13.1. The maximum Gasteiger partial charge on any atom is 0.270 e. The average molecular weight is 389 g/mol. The highest BCUT2D eigenvalue weighted by atomic mass is 16.2. The quantitative estimate of drug-likeness (QED) is 0.723. The standard InChI is InChI=1S/C21H23N7O/c22-14-21(9-10-21)28-13-16(25-26-28)19(15-6-2-1-3-7-15)24-20(29)17-12-23-18-8-4-5-11-27(17)18/h4-5,8,11-13,15,19H,1-3,6-7,9-10H2,(H,24,29). The third kappa shape index (κ3) is 3.16. The summed E-state index contributed by atoms with van der Waals surface area (Å²) >= 11 is 0. The monoisotopic (exact) mass is 389 g/mol. The Kier molecular flexibility index (Phi) is 4.31. The molecule has 0 spiro atoms. The van der Waals surface area contributed by atoms with Crippen LogP contribution >= 0.6 is 0 Å². The second-order valence-corrected chi connectivity index (χ2v) is 8.15. The van der Waals surface area contributed by atoms with E-state index >= 15 is 0 Å². The first kappa shape index (κ1) is 17.9. The molecule has 2 fully saturated rings. The fourth-order valence-electron chi connectivity index (χ4n) is 4.36. The summed E-state index contributed by atoms with van der Waals surface area (Å²) in [6, 6.07) is 7.78. The highest BCUT2D eigenvalue weighted by molar-refractivity contribution is 5.93. The summed E-state index contributed by atoms with van der Waals surface area (Å²) in [6.45, 7) is 0. The van der Waals surface area contributed by atoms with E-state index < -0.39 is 5.54 Å². The molecule has 2 saturated carbocycles. The number of carbonyl (C=O) groups excluding carboxylic acids is 1. The normalized spacial score (nSPS) is 19.6. The van der Waals surface area contributed by atoms with Crippen molar-refractivity contribution in [3.8, 4) is 6.07 Å². The first-order valence-electron chi connectivity index (χ1n) is 10.3. The molecule has 3 aromatic rings. The van der Waals surface area contributed by atoms with Crippen molar-refractivity contribution < 1.29 is 4.79 Å². The fourth-order valence-corrected chi connectivity index (χ4v) is 4.36. The molecule has 2 aliphatic rings. The molecule has 0 bridgehead atoms. The lowest BCUT2D eigenvalue weighted by atomic mass is 9.82. The van der Waals surface area contributed by atoms with Crippen LogP contribution in [-0.2, 0) is 5.54 Å². The topological polar surface area (TPSA) is 101 Å². The zero-order chi connectivity index (χ0) is 19.8. The molecule has 0 saturated heterocycles. The minimum Gasteiger partial charge on any atom is -0.342 e. The molecular weight excluding hydrogens is 366 g/mol. The van der Waals surface area contributed by atoms with Crippen LogP contribution in [0.3, 0.4) is 0 Å². The predicted octanol–water partition coefficient (Wildman–Crippen LogP) is 2.99. The van der Waals surface area contributed by atoms with Gasteiger partial charge in [-0.15, -0.1) is 5.10 Å². The smallest absolute Gasteiger partial charge is 0.270 e. The number of imidazole rings is 1. The van der Waals surface area contributed by atoms with Gasteiger partial charge >= 0.3 is 0 Å². The molecule has 1 N–H and O–H groups in total. The number of carbonyl (C=O) groups is 1. The van der Waals surface area contributed by atoms with Crippen LogP contribution in [0.25, 0.3) is 5.65 Å². The second kappa shape index (κ2) is 6.99. The van der Waals surface area contributed by atoms with Crippen LogP contribution in [0.15, 0.2) is 36.8 Å². The number of pyridine rings is 1. The summed E-state index contributed by atoms with van der Waals surface area (Å²) in [5.74, 6) is 0.143. The van der Waals surface area contributed by atoms with Crippen molar-refractivity contribution in [2.75, 3.05) is 0 Å². The van der Waals surface area contributed by atoms with Crippen LogP contribution in [0, 0.1) is 17.2 Å². The Morgan fingerprint density at radius 2 is 2.10 bits per heavy atom. The molecule has 2 aliphatic carbocycles. The zero-order valence-corrected chi connectivity index (χ0v) is 16.2. The maximum atomic E-state index is 13.1. The van der Waals surface area contributed by atoms with Gasteiger partial charge in [0.1, 0.15) is 17.0 Å². The van der Waals surface area contributed by atoms with Gasteiger partial charge in [-0.3, -0.25) is 9.20 Å². The molecule has 29 heavy (non-hydrogen) atoms. The zero-order valence-electron chi connectivity index (χ0n) is 16.2. The molecule has 8 nitrogen and oxygen atoms in total. The van der Waals surface area contributed by atoms with Crippen molar-refractivity contribution in [1.29, 1.82) is 5.26 Å². The number of hydrogen-bond donors (Lipinski definition) is 1. The van der Waals surface area contributed by atoms with Crippen LogP contribution in [0.4, 0.5) is 0 Å². The second-order valence-electron chi connectivity index (χ2n) is 8.15. The van der Waals surface area contributed by atoms with Crippen LogP contribution in [0.2, 0.25) is 0 Å². The lowest BCUT2D eigenvalue weighted by molar-refractivity contribution is 0.0905. The van der Waals surface area contributed by atoms with E-state index in [2.05, 4.69) is 26.7 Å². The van der Waals surface area contributed by atoms with Gasteiger partial charge < -0.3 is 5.32 Å². The van der Waals surface area contributed by atoms with E-state index in [1.807, 2.05) is 30.6 Å². The number of hydrogen-bond acceptors (Lipinski definition) is 5. The van der Waals surface area contributed by atoms with Gasteiger partial charge in [0, 0.05) is 6.20 Å². The lowest BCUT2D eigenvalue weighted by Crippen LogP contribution is -2.35. The predicted molar refractivity (Wildman–Crippen MR) is 105 cm³/mol. The third-order valence-electron chi connectivity index (χ3n) is 6.26. The van der Waals surface area contributed by atoms with E-state index in [1.165, 1.54) is 6.42 Å². The molecule has 148 valence electrons. The number of amides is 1. The Balaban J connectivity index is 1.45. The average Bonchev–Trinajstić information content (AvgIpc) is 3.20. The van der Waals surface area contributed by atoms with Gasteiger partial charge in [-0.25, -0.2) is 9.67 Å². The Hall–Kier alpha value is -3.21. The highest BCUT2D eigenvalue weighted by Gasteiger charge is 2.47. The van der Waals surface area contributed by atoms with Gasteiger partial charge in [-0.05, 0) is 43.7 Å². The molecule has 1 unspecified atom stereocenters. The molecule has 1 atom stereocenters. The number of nitrogens with zero attached hydrogens (tertiary/aromatic N) is 6. The van der Waals surface area contributed by atoms with Crippen molar-refractivity contribution in [2.24, 2.45) is 5.92 Å². The van der Waals surface area contributed by atoms with Gasteiger partial charge in [0.05, 0.1) is 24.5 Å². The number of nitrogens with one attached hydrogen (secondary N) is 1. The molecule has 0 aliphatic heterocycles. The largest absolute Gasteiger partial charge is 0.342 e. The highest BCUT2D eigenvalue weighted by Crippen LogP contribution is 2.43. The summed E-state index contributed by atoms with van der Waals surface area (Å²) in [4.78, 5) is 17.5. The molecule has 0 radical (unpaired) electrons. The van der Waals surface area contributed by atoms with Crippen molar-refractivity contribution in [2.45, 2.75) is 56.5 Å². The summed E-state index contributed by atoms with van der Waals surface area (Å²) in [7, 11) is 0. The van der Waals surface area contributed by atoms with Crippen molar-refractivity contribution >= 4 is 11.6 Å². The lowest BCUT2D eigenvalue weighted by Gasteiger charge is -2.29. The number of fused-ring (bicyclic) bond motifs is 1. The van der Waals surface area contributed by atoms with Crippen LogP contribution in [0.5, 0.6) is 0 Å². The molecule has 1 amide bonds. The van der Waals surface area contributed by atoms with Gasteiger partial charge in [-0.1, -0.05) is 30.5 Å². The summed E-state index contributed by atoms with van der Waals surface area (Å²) < 4.78 is 3.47. The Morgan fingerprint density at radius 1 is 1.28 bits per heavy atom. The minimum absolute atomic E-state index is 0.171. The van der Waals surface area contributed by atoms with Gasteiger partial charge in [0.25, 0.3) is 5.91 Å². The number of aromatic nitrogens is 5. The van der Waals surface area contributed by atoms with Crippen LogP contribution < -0.4 is 5.32 Å². The van der Waals surface area contributed by atoms with Crippen LogP contribution in [-0.4, -0.2) is 30.3 Å². The molecule has 3 aromatic heterocycles. The molecule has 3 heterocycles. The number of nitriles is 1. The summed E-state index contributed by atoms with van der Waals surface area (Å²) in [5, 5.41) is 21.3. The minimum atomic E-state index is -0.548. The van der Waals surface area contributed by atoms with E-state index in [1.54, 1.807) is 15.3 Å². The summed E-state index contributed by atoms with van der Waals surface area (Å²) in [6.07, 6.45) is 12.5. The van der Waals surface area contributed by atoms with Crippen molar-refractivity contribution in [3.05, 3.63) is 48.2 Å². The van der Waals surface area contributed by atoms with E-state index in [9.17, 15) is 10.1 Å². The van der Waals surface area contributed by atoms with Gasteiger partial charge in [0.2, 0.25) is 0 Å². The van der Waals surface area contributed by atoms with Gasteiger partial charge in [0.15, 0.2) is 5.54 Å². The van der Waals surface area contributed by atoms with E-state index in [0.29, 0.717) is 11.6 Å². The SMILES string of the molecule is N#CC1(n2cc(C(NC(=O)c3cnc4ccccn34)C3CCCCC3)nn2)CC1. The molecule has 0 aromatic carbocycles. The Bertz CT molecular complexity index is 1080. The van der Waals surface area contributed by atoms with Crippen molar-refractivity contribution in [1.82, 2.24) is 29.7 Å². The van der Waals surface area contributed by atoms with E-state index in [4.69, 9.17) is 0 Å². The van der Waals surface area contributed by atoms with Crippen LogP contribution in [0.1, 0.15) is 67.2 Å². The first-order chi connectivity index (χ1) is 14.2. The molecule has 5 rings (SSSR count). The molecular formula is C21H23N7O. The molecule has 8 heteroatoms. The number of rotatable bonds is 5. The first-order valence-corrected chi connectivity index (χ1v) is 10.3. The third-order valence-corrected chi connectivity index (χ3v) is 6.26.